The molecular weight excluding hydrogens is 495 g/mol. The predicted octanol–water partition coefficient (Wildman–Crippen LogP) is 5.52. The van der Waals surface area contributed by atoms with E-state index in [9.17, 15) is 9.59 Å². The van der Waals surface area contributed by atoms with E-state index in [2.05, 4.69) is 0 Å². The molecule has 0 fully saturated rings. The quantitative estimate of drug-likeness (QED) is 0.305. The van der Waals surface area contributed by atoms with Crippen LogP contribution in [0.25, 0.3) is 10.9 Å². The van der Waals surface area contributed by atoms with Crippen LogP contribution in [0.3, 0.4) is 0 Å². The van der Waals surface area contributed by atoms with E-state index in [0.29, 0.717) is 46.9 Å². The number of carbonyl (C=O) groups excluding carboxylic acids is 1. The molecule has 0 saturated heterocycles. The van der Waals surface area contributed by atoms with Crippen LogP contribution in [0.1, 0.15) is 34.7 Å². The van der Waals surface area contributed by atoms with Gasteiger partial charge in [-0.05, 0) is 56.9 Å². The van der Waals surface area contributed by atoms with Crippen molar-refractivity contribution >= 4 is 40.0 Å². The van der Waals surface area contributed by atoms with Gasteiger partial charge < -0.3 is 9.80 Å². The van der Waals surface area contributed by atoms with Gasteiger partial charge in [0.15, 0.2) is 0 Å². The van der Waals surface area contributed by atoms with Crippen LogP contribution < -0.4 is 5.56 Å². The number of benzene rings is 3. The maximum Gasteiger partial charge on any atom is 0.261 e. The number of hydrogen-bond donors (Lipinski definition) is 0. The average molecular weight is 523 g/mol. The molecule has 0 aliphatic carbocycles. The summed E-state index contributed by atoms with van der Waals surface area (Å²) in [7, 11) is 3.89. The molecule has 4 rings (SSSR count). The molecule has 6 nitrogen and oxygen atoms in total. The van der Waals surface area contributed by atoms with Gasteiger partial charge in [0.2, 0.25) is 0 Å². The highest BCUT2D eigenvalue weighted by Gasteiger charge is 2.28. The summed E-state index contributed by atoms with van der Waals surface area (Å²) in [4.78, 5) is 36.1. The Hall–Kier alpha value is -3.19. The summed E-state index contributed by atoms with van der Waals surface area (Å²) >= 11 is 12.5. The second-order valence-electron chi connectivity index (χ2n) is 8.97. The third-order valence-corrected chi connectivity index (χ3v) is 6.67. The maximum atomic E-state index is 13.8. The highest BCUT2D eigenvalue weighted by Crippen LogP contribution is 2.27. The molecule has 1 aromatic heterocycles. The van der Waals surface area contributed by atoms with Crippen molar-refractivity contribution in [3.05, 3.63) is 110 Å². The first kappa shape index (κ1) is 25.9. The molecule has 0 spiro atoms. The third kappa shape index (κ3) is 5.62. The number of amides is 1. The van der Waals surface area contributed by atoms with E-state index >= 15 is 0 Å². The van der Waals surface area contributed by atoms with E-state index in [-0.39, 0.29) is 16.5 Å². The number of fused-ring (bicyclic) bond motifs is 1. The molecule has 1 amide bonds. The Balaban J connectivity index is 1.84. The van der Waals surface area contributed by atoms with Gasteiger partial charge in [-0.2, -0.15) is 0 Å². The topological polar surface area (TPSA) is 58.4 Å². The van der Waals surface area contributed by atoms with Crippen LogP contribution >= 0.6 is 23.2 Å². The fourth-order valence-corrected chi connectivity index (χ4v) is 4.65. The molecular formula is C28H28Cl2N4O2. The van der Waals surface area contributed by atoms with Gasteiger partial charge in [-0.1, -0.05) is 65.7 Å². The lowest BCUT2D eigenvalue weighted by atomic mass is 10.1. The summed E-state index contributed by atoms with van der Waals surface area (Å²) < 4.78 is 1.67. The number of aromatic nitrogens is 2. The van der Waals surface area contributed by atoms with Crippen LogP contribution in [-0.4, -0.2) is 52.4 Å². The van der Waals surface area contributed by atoms with Gasteiger partial charge in [0.1, 0.15) is 5.82 Å². The van der Waals surface area contributed by atoms with Gasteiger partial charge >= 0.3 is 0 Å². The van der Waals surface area contributed by atoms with Crippen molar-refractivity contribution in [1.29, 1.82) is 0 Å². The van der Waals surface area contributed by atoms with Gasteiger partial charge in [-0.3, -0.25) is 14.2 Å². The van der Waals surface area contributed by atoms with Crippen molar-refractivity contribution in [2.75, 3.05) is 27.2 Å². The zero-order valence-corrected chi connectivity index (χ0v) is 22.0. The van der Waals surface area contributed by atoms with E-state index < -0.39 is 6.04 Å². The lowest BCUT2D eigenvalue weighted by Gasteiger charge is -2.32. The predicted molar refractivity (Wildman–Crippen MR) is 146 cm³/mol. The lowest BCUT2D eigenvalue weighted by molar-refractivity contribution is 0.0665. The molecule has 8 heteroatoms. The number of likely N-dealkylation sites (N-methyl/N-ethyl adjacent to an activating group) is 1. The highest BCUT2D eigenvalue weighted by atomic mass is 35.5. The summed E-state index contributed by atoms with van der Waals surface area (Å²) in [5, 5.41) is 1.27. The molecule has 0 N–H and O–H groups in total. The normalized spacial score (nSPS) is 12.2. The van der Waals surface area contributed by atoms with Gasteiger partial charge in [0, 0.05) is 18.1 Å². The second-order valence-corrected chi connectivity index (χ2v) is 9.81. The van der Waals surface area contributed by atoms with Crippen LogP contribution in [0, 0.1) is 0 Å². The number of carbonyl (C=O) groups is 1. The van der Waals surface area contributed by atoms with E-state index in [1.807, 2.05) is 74.4 Å². The number of hydrogen-bond acceptors (Lipinski definition) is 4. The zero-order valence-electron chi connectivity index (χ0n) is 20.5. The Labute approximate surface area is 220 Å². The third-order valence-electron chi connectivity index (χ3n) is 6.13. The Bertz CT molecular complexity index is 1440. The molecule has 0 saturated carbocycles. The fourth-order valence-electron chi connectivity index (χ4n) is 4.16. The smallest absolute Gasteiger partial charge is 0.261 e. The minimum Gasteiger partial charge on any atom is -0.327 e. The largest absolute Gasteiger partial charge is 0.327 e. The van der Waals surface area contributed by atoms with E-state index in [0.717, 1.165) is 5.56 Å². The molecule has 0 aliphatic heterocycles. The summed E-state index contributed by atoms with van der Waals surface area (Å²) in [5.41, 5.74) is 1.77. The molecule has 0 bridgehead atoms. The van der Waals surface area contributed by atoms with Gasteiger partial charge in [0.25, 0.3) is 11.5 Å². The Morgan fingerprint density at radius 2 is 1.67 bits per heavy atom. The first-order chi connectivity index (χ1) is 17.3. The fraction of sp³-hybridized carbons (Fsp3) is 0.250. The molecule has 1 heterocycles. The monoisotopic (exact) mass is 522 g/mol. The Kier molecular flexibility index (Phi) is 8.09. The first-order valence-corrected chi connectivity index (χ1v) is 12.5. The van der Waals surface area contributed by atoms with Gasteiger partial charge in [0.05, 0.1) is 34.1 Å². The molecule has 36 heavy (non-hydrogen) atoms. The van der Waals surface area contributed by atoms with Crippen molar-refractivity contribution in [3.63, 3.8) is 0 Å². The van der Waals surface area contributed by atoms with E-state index in [1.165, 1.54) is 0 Å². The minimum absolute atomic E-state index is 0.143. The zero-order chi connectivity index (χ0) is 25.8. The van der Waals surface area contributed by atoms with Gasteiger partial charge in [-0.15, -0.1) is 0 Å². The molecule has 3 aromatic carbocycles. The number of rotatable bonds is 8. The van der Waals surface area contributed by atoms with Crippen molar-refractivity contribution in [2.45, 2.75) is 19.5 Å². The highest BCUT2D eigenvalue weighted by molar-refractivity contribution is 6.36. The average Bonchev–Trinajstić information content (AvgIpc) is 2.86. The van der Waals surface area contributed by atoms with Crippen molar-refractivity contribution in [2.24, 2.45) is 0 Å². The lowest BCUT2D eigenvalue weighted by Crippen LogP contribution is -2.41. The SMILES string of the molecule is CC(c1nc2ccccc2c(=O)n1Cc1ccccc1)N(CCN(C)C)C(=O)c1ccc(Cl)cc1Cl. The number of para-hydroxylation sites is 1. The first-order valence-electron chi connectivity index (χ1n) is 11.7. The van der Waals surface area contributed by atoms with Gasteiger partial charge in [-0.25, -0.2) is 4.98 Å². The van der Waals surface area contributed by atoms with Crippen molar-refractivity contribution < 1.29 is 4.79 Å². The number of nitrogens with zero attached hydrogens (tertiary/aromatic N) is 4. The van der Waals surface area contributed by atoms with Crippen LogP contribution in [-0.2, 0) is 6.54 Å². The van der Waals surface area contributed by atoms with Crippen LogP contribution in [0.2, 0.25) is 10.0 Å². The summed E-state index contributed by atoms with van der Waals surface area (Å²) in [6, 6.07) is 21.4. The standard InChI is InChI=1S/C28H28Cl2N4O2/c1-19(33(16-15-32(2)3)27(35)22-14-13-21(29)17-24(22)30)26-31-25-12-8-7-11-23(25)28(36)34(26)18-20-9-5-4-6-10-20/h4-14,17,19H,15-16,18H2,1-3H3. The summed E-state index contributed by atoms with van der Waals surface area (Å²) in [6.07, 6.45) is 0. The molecule has 1 atom stereocenters. The van der Waals surface area contributed by atoms with Crippen molar-refractivity contribution in [1.82, 2.24) is 19.4 Å². The van der Waals surface area contributed by atoms with E-state index in [4.69, 9.17) is 28.2 Å². The summed E-state index contributed by atoms with van der Waals surface area (Å²) in [5.74, 6) is 0.263. The summed E-state index contributed by atoms with van der Waals surface area (Å²) in [6.45, 7) is 3.28. The van der Waals surface area contributed by atoms with Crippen LogP contribution in [0.5, 0.6) is 0 Å². The van der Waals surface area contributed by atoms with Crippen LogP contribution in [0.15, 0.2) is 77.6 Å². The molecule has 0 aliphatic rings. The molecule has 186 valence electrons. The van der Waals surface area contributed by atoms with E-state index in [1.54, 1.807) is 33.7 Å². The van der Waals surface area contributed by atoms with Crippen LogP contribution in [0.4, 0.5) is 0 Å². The van der Waals surface area contributed by atoms with Crippen molar-refractivity contribution in [3.8, 4) is 0 Å². The molecule has 1 unspecified atom stereocenters. The second kappa shape index (κ2) is 11.2. The Morgan fingerprint density at radius 3 is 2.36 bits per heavy atom. The maximum absolute atomic E-state index is 13.8. The molecule has 0 radical (unpaired) electrons. The minimum atomic E-state index is -0.509. The number of halogens is 2. The Morgan fingerprint density at radius 1 is 0.972 bits per heavy atom. The molecule has 4 aromatic rings.